The van der Waals surface area contributed by atoms with Gasteiger partial charge in [-0.05, 0) is 37.6 Å². The second kappa shape index (κ2) is 10.3. The predicted octanol–water partition coefficient (Wildman–Crippen LogP) is 2.42. The fourth-order valence-corrected chi connectivity index (χ4v) is 3.72. The summed E-state index contributed by atoms with van der Waals surface area (Å²) in [6.45, 7) is 1.43. The molecule has 1 aliphatic heterocycles. The van der Waals surface area contributed by atoms with Gasteiger partial charge in [0.2, 0.25) is 0 Å². The van der Waals surface area contributed by atoms with E-state index in [4.69, 9.17) is 5.73 Å². The minimum absolute atomic E-state index is 0.0102. The minimum Gasteiger partial charge on any atom is -0.382 e. The standard InChI is InChI=1S/C24H24F2N6O2/c25-18-8-2-6-16(20(18)26)11-30-23(33)15-5-1-4-14(10-15)19-13-29-22(27)21(32-19)24(34)31-17-7-3-9-28-12-17/h1-2,4-6,8,10,13,17,28H,3,7,9,11-12H2,(H2,27,29)(H,30,33)(H,31,34)/t17-/m0/s1. The van der Waals surface area contributed by atoms with Crippen molar-refractivity contribution in [3.63, 3.8) is 0 Å². The fraction of sp³-hybridized carbons (Fsp3) is 0.250. The molecule has 8 nitrogen and oxygen atoms in total. The molecule has 0 bridgehead atoms. The molecule has 176 valence electrons. The van der Waals surface area contributed by atoms with Crippen LogP contribution in [0, 0.1) is 11.6 Å². The summed E-state index contributed by atoms with van der Waals surface area (Å²) < 4.78 is 27.2. The van der Waals surface area contributed by atoms with E-state index < -0.39 is 23.4 Å². The molecule has 1 saturated heterocycles. The van der Waals surface area contributed by atoms with Crippen molar-refractivity contribution in [3.05, 3.63) is 77.1 Å². The normalized spacial score (nSPS) is 15.5. The number of nitrogens with one attached hydrogen (secondary N) is 3. The molecule has 0 aliphatic carbocycles. The molecule has 5 N–H and O–H groups in total. The number of hydrogen-bond acceptors (Lipinski definition) is 6. The Labute approximate surface area is 195 Å². The number of nitrogens with two attached hydrogens (primary N) is 1. The van der Waals surface area contributed by atoms with Crippen LogP contribution in [0.1, 0.15) is 39.3 Å². The van der Waals surface area contributed by atoms with Crippen molar-refractivity contribution in [2.75, 3.05) is 18.8 Å². The van der Waals surface area contributed by atoms with E-state index in [2.05, 4.69) is 25.9 Å². The third kappa shape index (κ3) is 5.34. The Kier molecular flexibility index (Phi) is 7.07. The summed E-state index contributed by atoms with van der Waals surface area (Å²) in [5.41, 5.74) is 7.15. The molecule has 10 heteroatoms. The van der Waals surface area contributed by atoms with E-state index in [0.717, 1.165) is 25.5 Å². The average Bonchev–Trinajstić information content (AvgIpc) is 2.85. The topological polar surface area (TPSA) is 122 Å². The molecule has 34 heavy (non-hydrogen) atoms. The van der Waals surface area contributed by atoms with E-state index in [1.165, 1.54) is 18.3 Å². The Bertz CT molecular complexity index is 1210. The highest BCUT2D eigenvalue weighted by Crippen LogP contribution is 2.20. The number of benzene rings is 2. The van der Waals surface area contributed by atoms with Crippen LogP contribution in [0.4, 0.5) is 14.6 Å². The second-order valence-corrected chi connectivity index (χ2v) is 7.98. The van der Waals surface area contributed by atoms with Crippen LogP contribution in [0.3, 0.4) is 0 Å². The minimum atomic E-state index is -0.997. The summed E-state index contributed by atoms with van der Waals surface area (Å²) >= 11 is 0. The number of aromatic nitrogens is 2. The molecule has 2 amide bonds. The maximum absolute atomic E-state index is 13.8. The average molecular weight is 466 g/mol. The molecule has 1 fully saturated rings. The van der Waals surface area contributed by atoms with E-state index in [9.17, 15) is 18.4 Å². The van der Waals surface area contributed by atoms with Gasteiger partial charge in [-0.15, -0.1) is 0 Å². The smallest absolute Gasteiger partial charge is 0.274 e. The zero-order valence-electron chi connectivity index (χ0n) is 18.3. The lowest BCUT2D eigenvalue weighted by Crippen LogP contribution is -2.46. The van der Waals surface area contributed by atoms with Gasteiger partial charge in [0.15, 0.2) is 23.1 Å². The van der Waals surface area contributed by atoms with Gasteiger partial charge in [0.25, 0.3) is 11.8 Å². The quantitative estimate of drug-likeness (QED) is 0.443. The van der Waals surface area contributed by atoms with Gasteiger partial charge in [0, 0.05) is 35.8 Å². The summed E-state index contributed by atoms with van der Waals surface area (Å²) in [5.74, 6) is -2.85. The first-order valence-corrected chi connectivity index (χ1v) is 10.9. The molecule has 3 aromatic rings. The van der Waals surface area contributed by atoms with Gasteiger partial charge in [0.1, 0.15) is 0 Å². The zero-order chi connectivity index (χ0) is 24.1. The third-order valence-electron chi connectivity index (χ3n) is 5.54. The molecule has 0 radical (unpaired) electrons. The molecule has 0 saturated carbocycles. The third-order valence-corrected chi connectivity index (χ3v) is 5.54. The van der Waals surface area contributed by atoms with Crippen LogP contribution in [0.25, 0.3) is 11.3 Å². The van der Waals surface area contributed by atoms with Gasteiger partial charge in [-0.1, -0.05) is 24.3 Å². The number of carbonyl (C=O) groups excluding carboxylic acids is 2. The Balaban J connectivity index is 1.49. The molecule has 2 aromatic carbocycles. The van der Waals surface area contributed by atoms with Crippen LogP contribution in [0.15, 0.2) is 48.7 Å². The summed E-state index contributed by atoms with van der Waals surface area (Å²) in [7, 11) is 0. The van der Waals surface area contributed by atoms with Crippen LogP contribution in [0.5, 0.6) is 0 Å². The first kappa shape index (κ1) is 23.2. The summed E-state index contributed by atoms with van der Waals surface area (Å²) in [6, 6.07) is 10.3. The number of hydrogen-bond donors (Lipinski definition) is 4. The number of anilines is 1. The van der Waals surface area contributed by atoms with E-state index in [1.54, 1.807) is 24.3 Å². The van der Waals surface area contributed by atoms with Crippen molar-refractivity contribution in [2.45, 2.75) is 25.4 Å². The molecule has 1 atom stereocenters. The molecule has 0 unspecified atom stereocenters. The van der Waals surface area contributed by atoms with Crippen LogP contribution >= 0.6 is 0 Å². The van der Waals surface area contributed by atoms with Crippen molar-refractivity contribution in [2.24, 2.45) is 0 Å². The highest BCUT2D eigenvalue weighted by molar-refractivity contribution is 5.97. The fourth-order valence-electron chi connectivity index (χ4n) is 3.72. The van der Waals surface area contributed by atoms with Crippen LogP contribution in [0.2, 0.25) is 0 Å². The van der Waals surface area contributed by atoms with Gasteiger partial charge < -0.3 is 21.7 Å². The van der Waals surface area contributed by atoms with Gasteiger partial charge in [0.05, 0.1) is 11.9 Å². The lowest BCUT2D eigenvalue weighted by Gasteiger charge is -2.23. The van der Waals surface area contributed by atoms with E-state index >= 15 is 0 Å². The van der Waals surface area contributed by atoms with Crippen LogP contribution in [-0.2, 0) is 6.54 Å². The largest absolute Gasteiger partial charge is 0.382 e. The Hall–Kier alpha value is -3.92. The van der Waals surface area contributed by atoms with Gasteiger partial charge in [-0.3, -0.25) is 9.59 Å². The van der Waals surface area contributed by atoms with Gasteiger partial charge >= 0.3 is 0 Å². The highest BCUT2D eigenvalue weighted by Gasteiger charge is 2.20. The van der Waals surface area contributed by atoms with Crippen molar-refractivity contribution >= 4 is 17.6 Å². The Morgan fingerprint density at radius 2 is 1.97 bits per heavy atom. The van der Waals surface area contributed by atoms with Gasteiger partial charge in [-0.25, -0.2) is 18.7 Å². The van der Waals surface area contributed by atoms with Crippen molar-refractivity contribution in [3.8, 4) is 11.3 Å². The molecule has 2 heterocycles. The zero-order valence-corrected chi connectivity index (χ0v) is 18.3. The molecule has 1 aromatic heterocycles. The predicted molar refractivity (Wildman–Crippen MR) is 123 cm³/mol. The molecular formula is C24H24F2N6O2. The maximum atomic E-state index is 13.8. The Morgan fingerprint density at radius 3 is 2.76 bits per heavy atom. The summed E-state index contributed by atoms with van der Waals surface area (Å²) in [6.07, 6.45) is 3.25. The van der Waals surface area contributed by atoms with Crippen LogP contribution in [-0.4, -0.2) is 40.9 Å². The first-order chi connectivity index (χ1) is 16.4. The van der Waals surface area contributed by atoms with Crippen molar-refractivity contribution in [1.82, 2.24) is 25.9 Å². The SMILES string of the molecule is Nc1ncc(-c2cccc(C(=O)NCc3cccc(F)c3F)c2)nc1C(=O)N[C@H]1CCCNC1. The summed E-state index contributed by atoms with van der Waals surface area (Å²) in [5, 5.41) is 8.72. The number of piperidine rings is 1. The molecule has 4 rings (SSSR count). The van der Waals surface area contributed by atoms with Crippen molar-refractivity contribution in [1.29, 1.82) is 0 Å². The van der Waals surface area contributed by atoms with E-state index in [1.807, 2.05) is 0 Å². The number of carbonyl (C=O) groups is 2. The van der Waals surface area contributed by atoms with Crippen molar-refractivity contribution < 1.29 is 18.4 Å². The lowest BCUT2D eigenvalue weighted by molar-refractivity contribution is 0.0923. The molecular weight excluding hydrogens is 442 g/mol. The number of rotatable bonds is 6. The molecule has 1 aliphatic rings. The number of nitrogens with zero attached hydrogens (tertiary/aromatic N) is 2. The maximum Gasteiger partial charge on any atom is 0.274 e. The van der Waals surface area contributed by atoms with Gasteiger partial charge in [-0.2, -0.15) is 0 Å². The van der Waals surface area contributed by atoms with E-state index in [-0.39, 0.29) is 35.2 Å². The van der Waals surface area contributed by atoms with E-state index in [0.29, 0.717) is 17.8 Å². The second-order valence-electron chi connectivity index (χ2n) is 7.98. The van der Waals surface area contributed by atoms with Crippen LogP contribution < -0.4 is 21.7 Å². The Morgan fingerprint density at radius 1 is 1.15 bits per heavy atom. The first-order valence-electron chi connectivity index (χ1n) is 10.9. The molecule has 0 spiro atoms. The number of amides is 2. The number of halogens is 2. The lowest BCUT2D eigenvalue weighted by atomic mass is 10.1. The monoisotopic (exact) mass is 466 g/mol. The summed E-state index contributed by atoms with van der Waals surface area (Å²) in [4.78, 5) is 33.8. The number of nitrogen functional groups attached to an aromatic ring is 1. The highest BCUT2D eigenvalue weighted by atomic mass is 19.2.